The monoisotopic (exact) mass is 494 g/mol. The van der Waals surface area contributed by atoms with Gasteiger partial charge in [0.1, 0.15) is 11.4 Å². The fraction of sp³-hybridized carbons (Fsp3) is 0.458. The number of thiol groups is 1. The van der Waals surface area contributed by atoms with E-state index >= 15 is 0 Å². The first-order valence-corrected chi connectivity index (χ1v) is 11.3. The third kappa shape index (κ3) is 4.85. The second-order valence-electron chi connectivity index (χ2n) is 8.57. The van der Waals surface area contributed by atoms with Crippen molar-refractivity contribution in [1.29, 1.82) is 5.26 Å². The van der Waals surface area contributed by atoms with Crippen molar-refractivity contribution < 1.29 is 22.4 Å². The molecule has 1 heterocycles. The molecule has 0 aromatic carbocycles. The van der Waals surface area contributed by atoms with E-state index in [4.69, 9.17) is 0 Å². The number of nitriles is 1. The number of nitrogens with zero attached hydrogens (tertiary/aromatic N) is 4. The Bertz CT molecular complexity index is 1090. The summed E-state index contributed by atoms with van der Waals surface area (Å²) in [4.78, 5) is 20.8. The number of alkyl halides is 3. The molecule has 0 aromatic rings. The van der Waals surface area contributed by atoms with Crippen molar-refractivity contribution in [3.63, 3.8) is 0 Å². The molecule has 10 heteroatoms. The summed E-state index contributed by atoms with van der Waals surface area (Å²) < 4.78 is 55.5. The summed E-state index contributed by atoms with van der Waals surface area (Å²) >= 11 is 4.39. The van der Waals surface area contributed by atoms with Gasteiger partial charge in [0.05, 0.1) is 34.8 Å². The molecule has 3 aliphatic rings. The second-order valence-corrected chi connectivity index (χ2v) is 9.31. The summed E-state index contributed by atoms with van der Waals surface area (Å²) in [7, 11) is 1.70. The molecule has 1 aliphatic heterocycles. The minimum Gasteiger partial charge on any atom is -0.363 e. The zero-order valence-electron chi connectivity index (χ0n) is 19.2. The van der Waals surface area contributed by atoms with Gasteiger partial charge < -0.3 is 4.90 Å². The molecule has 3 rings (SSSR count). The standard InChI is InChI=1S/C24H26F4N4OS/c1-15-6-4-7-18(11-21(15)25)31(3)23(8-5-9-23)22(33)32(16(2)34)19-10-20(24(26,27)28)17(12-29)13-30-14-19/h4,6,10-11,14,16,34H,5,7-9,13H2,1-3H3. The van der Waals surface area contributed by atoms with Crippen LogP contribution in [-0.2, 0) is 4.79 Å². The van der Waals surface area contributed by atoms with Crippen LogP contribution in [0, 0.1) is 11.3 Å². The molecule has 0 bridgehead atoms. The summed E-state index contributed by atoms with van der Waals surface area (Å²) in [6, 6.07) is 1.56. The zero-order chi connectivity index (χ0) is 25.3. The van der Waals surface area contributed by atoms with Crippen LogP contribution in [0.25, 0.3) is 0 Å². The lowest BCUT2D eigenvalue weighted by Gasteiger charge is -2.51. The van der Waals surface area contributed by atoms with Gasteiger partial charge in [0.25, 0.3) is 5.91 Å². The molecule has 1 fully saturated rings. The summed E-state index contributed by atoms with van der Waals surface area (Å²) in [6.07, 6.45) is 4.11. The molecular formula is C24H26F4N4OS. The number of allylic oxidation sites excluding steroid dienone is 8. The SMILES string of the molecule is CC1=C(F)C=C(N(C)C2(C(=O)N(C3=CC(C(F)(F)F)=C(C#N)CN=C3)C(C)S)CCC2)CC=C1. The van der Waals surface area contributed by atoms with Gasteiger partial charge in [0, 0.05) is 25.4 Å². The molecule has 2 aliphatic carbocycles. The van der Waals surface area contributed by atoms with E-state index in [-0.39, 0.29) is 5.70 Å². The lowest BCUT2D eigenvalue weighted by atomic mass is 9.73. The number of rotatable bonds is 5. The highest BCUT2D eigenvalue weighted by Crippen LogP contribution is 2.43. The Morgan fingerprint density at radius 3 is 2.53 bits per heavy atom. The van der Waals surface area contributed by atoms with Crippen molar-refractivity contribution in [2.75, 3.05) is 13.6 Å². The fourth-order valence-electron chi connectivity index (χ4n) is 4.26. The van der Waals surface area contributed by atoms with Gasteiger partial charge in [-0.05, 0) is 50.8 Å². The highest BCUT2D eigenvalue weighted by Gasteiger charge is 2.51. The van der Waals surface area contributed by atoms with Crippen LogP contribution in [0.15, 0.2) is 63.2 Å². The van der Waals surface area contributed by atoms with Crippen LogP contribution in [0.1, 0.15) is 39.5 Å². The van der Waals surface area contributed by atoms with Crippen molar-refractivity contribution in [3.8, 4) is 6.07 Å². The van der Waals surface area contributed by atoms with Crippen LogP contribution in [0.4, 0.5) is 17.6 Å². The van der Waals surface area contributed by atoms with Gasteiger partial charge in [-0.25, -0.2) is 4.39 Å². The Morgan fingerprint density at radius 2 is 2.00 bits per heavy atom. The summed E-state index contributed by atoms with van der Waals surface area (Å²) in [5, 5.41) is 8.41. The fourth-order valence-corrected chi connectivity index (χ4v) is 4.50. The first kappa shape index (κ1) is 25.8. The second kappa shape index (κ2) is 9.82. The molecule has 0 N–H and O–H groups in total. The van der Waals surface area contributed by atoms with Gasteiger partial charge in [-0.3, -0.25) is 14.7 Å². The molecule has 1 atom stereocenters. The van der Waals surface area contributed by atoms with Crippen molar-refractivity contribution in [2.24, 2.45) is 4.99 Å². The lowest BCUT2D eigenvalue weighted by molar-refractivity contribution is -0.146. The number of aliphatic imine (C=N–C) groups is 1. The maximum atomic E-state index is 14.5. The van der Waals surface area contributed by atoms with Crippen molar-refractivity contribution in [3.05, 3.63) is 58.2 Å². The predicted octanol–water partition coefficient (Wildman–Crippen LogP) is 5.38. The van der Waals surface area contributed by atoms with Gasteiger partial charge in [-0.15, -0.1) is 0 Å². The van der Waals surface area contributed by atoms with Crippen molar-refractivity contribution in [2.45, 2.75) is 56.6 Å². The van der Waals surface area contributed by atoms with Crippen molar-refractivity contribution >= 4 is 24.8 Å². The van der Waals surface area contributed by atoms with Crippen molar-refractivity contribution in [1.82, 2.24) is 9.80 Å². The van der Waals surface area contributed by atoms with E-state index in [1.165, 1.54) is 17.2 Å². The van der Waals surface area contributed by atoms with E-state index in [1.807, 2.05) is 6.08 Å². The van der Waals surface area contributed by atoms with E-state index < -0.39 is 46.5 Å². The maximum Gasteiger partial charge on any atom is 0.417 e. The van der Waals surface area contributed by atoms with E-state index in [0.717, 1.165) is 12.5 Å². The predicted molar refractivity (Wildman–Crippen MR) is 125 cm³/mol. The van der Waals surface area contributed by atoms with E-state index in [9.17, 15) is 27.6 Å². The van der Waals surface area contributed by atoms with E-state index in [1.54, 1.807) is 37.9 Å². The number of hydrogen-bond donors (Lipinski definition) is 1. The average molecular weight is 495 g/mol. The summed E-state index contributed by atoms with van der Waals surface area (Å²) in [6.45, 7) is 2.79. The normalized spacial score (nSPS) is 21.0. The Morgan fingerprint density at radius 1 is 1.32 bits per heavy atom. The third-order valence-electron chi connectivity index (χ3n) is 6.42. The van der Waals surface area contributed by atoms with Crippen LogP contribution in [-0.4, -0.2) is 52.6 Å². The van der Waals surface area contributed by atoms with Gasteiger partial charge in [-0.2, -0.15) is 31.1 Å². The van der Waals surface area contributed by atoms with Gasteiger partial charge in [0.15, 0.2) is 0 Å². The Balaban J connectivity index is 2.05. The van der Waals surface area contributed by atoms with Crippen LogP contribution < -0.4 is 0 Å². The first-order valence-electron chi connectivity index (χ1n) is 10.8. The molecule has 0 radical (unpaired) electrons. The number of halogens is 4. The number of carbonyl (C=O) groups is 1. The van der Waals surface area contributed by atoms with E-state index in [2.05, 4.69) is 17.6 Å². The number of carbonyl (C=O) groups excluding carboxylic acids is 1. The first-order chi connectivity index (χ1) is 15.9. The Hall–Kier alpha value is -2.80. The van der Waals surface area contributed by atoms with Gasteiger partial charge in [-0.1, -0.05) is 12.2 Å². The molecule has 1 amide bonds. The summed E-state index contributed by atoms with van der Waals surface area (Å²) in [5.41, 5.74) is -1.75. The number of hydrogen-bond acceptors (Lipinski definition) is 5. The largest absolute Gasteiger partial charge is 0.417 e. The highest BCUT2D eigenvalue weighted by molar-refractivity contribution is 7.80. The van der Waals surface area contributed by atoms with Crippen LogP contribution >= 0.6 is 12.6 Å². The minimum atomic E-state index is -4.79. The smallest absolute Gasteiger partial charge is 0.363 e. The molecule has 0 spiro atoms. The Kier molecular flexibility index (Phi) is 7.46. The van der Waals surface area contributed by atoms with Gasteiger partial charge in [0.2, 0.25) is 0 Å². The minimum absolute atomic E-state index is 0.0959. The molecule has 0 saturated heterocycles. The number of amides is 1. The van der Waals surface area contributed by atoms with Crippen LogP contribution in [0.2, 0.25) is 0 Å². The molecule has 1 saturated carbocycles. The Labute approximate surface area is 201 Å². The van der Waals surface area contributed by atoms with Gasteiger partial charge >= 0.3 is 6.18 Å². The lowest BCUT2D eigenvalue weighted by Crippen LogP contribution is -2.62. The molecule has 5 nitrogen and oxygen atoms in total. The molecule has 1 unspecified atom stereocenters. The zero-order valence-corrected chi connectivity index (χ0v) is 20.1. The quantitative estimate of drug-likeness (QED) is 0.317. The maximum absolute atomic E-state index is 14.5. The molecule has 0 aromatic heterocycles. The van der Waals surface area contributed by atoms with E-state index in [0.29, 0.717) is 30.5 Å². The molecular weight excluding hydrogens is 468 g/mol. The average Bonchev–Trinajstić information content (AvgIpc) is 3.03. The van der Waals surface area contributed by atoms with Crippen LogP contribution in [0.5, 0.6) is 0 Å². The van der Waals surface area contributed by atoms with Crippen LogP contribution in [0.3, 0.4) is 0 Å². The topological polar surface area (TPSA) is 59.7 Å². The summed E-state index contributed by atoms with van der Waals surface area (Å²) in [5.74, 6) is -0.849. The number of likely N-dealkylation sites (N-methyl/N-ethyl adjacent to an activating group) is 1. The molecule has 182 valence electrons. The highest BCUT2D eigenvalue weighted by atomic mass is 32.1. The third-order valence-corrected chi connectivity index (χ3v) is 6.65. The molecule has 34 heavy (non-hydrogen) atoms.